The number of hydrogen-bond donors (Lipinski definition) is 1. The molecule has 1 N–H and O–H groups in total. The summed E-state index contributed by atoms with van der Waals surface area (Å²) in [5.41, 5.74) is 2.19. The third-order valence-corrected chi connectivity index (χ3v) is 4.56. The van der Waals surface area contributed by atoms with Crippen molar-refractivity contribution in [3.05, 3.63) is 54.1 Å². The lowest BCUT2D eigenvalue weighted by atomic mass is 10.1. The van der Waals surface area contributed by atoms with Crippen LogP contribution >= 0.6 is 0 Å². The molecule has 1 atom stereocenters. The molecule has 0 aliphatic carbocycles. The number of nitriles is 1. The topological polar surface area (TPSA) is 94.9 Å². The largest absolute Gasteiger partial charge is 0.470 e. The number of carbonyl (C=O) groups excluding carboxylic acids is 1. The number of H-pyrrole nitrogens is 1. The minimum Gasteiger partial charge on any atom is -0.470 e. The Morgan fingerprint density at radius 3 is 3.08 bits per heavy atom. The highest BCUT2D eigenvalue weighted by atomic mass is 16.5. The SMILES string of the molecule is N#Cc1nccnc1OC1CCN(C(=O)Cc2c[nH]c3ccccc23)C1. The molecule has 7 nitrogen and oxygen atoms in total. The summed E-state index contributed by atoms with van der Waals surface area (Å²) in [5, 5.41) is 10.1. The Labute approximate surface area is 150 Å². The molecular weight excluding hydrogens is 330 g/mol. The van der Waals surface area contributed by atoms with E-state index in [-0.39, 0.29) is 23.6 Å². The van der Waals surface area contributed by atoms with Crippen molar-refractivity contribution >= 4 is 16.8 Å². The van der Waals surface area contributed by atoms with Crippen molar-refractivity contribution in [2.24, 2.45) is 0 Å². The minimum absolute atomic E-state index is 0.0699. The Bertz CT molecular complexity index is 991. The molecule has 130 valence electrons. The smallest absolute Gasteiger partial charge is 0.251 e. The van der Waals surface area contributed by atoms with Crippen molar-refractivity contribution in [3.8, 4) is 11.9 Å². The first kappa shape index (κ1) is 16.1. The van der Waals surface area contributed by atoms with Gasteiger partial charge in [-0.25, -0.2) is 9.97 Å². The summed E-state index contributed by atoms with van der Waals surface area (Å²) in [6.07, 6.45) is 5.73. The lowest BCUT2D eigenvalue weighted by Crippen LogP contribution is -2.32. The summed E-state index contributed by atoms with van der Waals surface area (Å²) in [6.45, 7) is 1.12. The third kappa shape index (κ3) is 3.09. The van der Waals surface area contributed by atoms with Crippen LogP contribution in [0.25, 0.3) is 10.9 Å². The van der Waals surface area contributed by atoms with Gasteiger partial charge in [0, 0.05) is 42.5 Å². The van der Waals surface area contributed by atoms with Crippen LogP contribution in [0.1, 0.15) is 17.7 Å². The van der Waals surface area contributed by atoms with Crippen molar-refractivity contribution in [2.45, 2.75) is 18.9 Å². The van der Waals surface area contributed by atoms with Gasteiger partial charge in [-0.05, 0) is 11.6 Å². The fraction of sp³-hybridized carbons (Fsp3) is 0.263. The van der Waals surface area contributed by atoms with Crippen LogP contribution in [0.15, 0.2) is 42.9 Å². The summed E-state index contributed by atoms with van der Waals surface area (Å²) in [4.78, 5) is 25.7. The van der Waals surface area contributed by atoms with Crippen molar-refractivity contribution in [2.75, 3.05) is 13.1 Å². The van der Waals surface area contributed by atoms with Gasteiger partial charge in [-0.2, -0.15) is 5.26 Å². The Balaban J connectivity index is 1.40. The van der Waals surface area contributed by atoms with Gasteiger partial charge < -0.3 is 14.6 Å². The Morgan fingerprint density at radius 1 is 1.35 bits per heavy atom. The van der Waals surface area contributed by atoms with Crippen LogP contribution in [0.3, 0.4) is 0 Å². The van der Waals surface area contributed by atoms with E-state index in [2.05, 4.69) is 15.0 Å². The van der Waals surface area contributed by atoms with Crippen LogP contribution in [0.4, 0.5) is 0 Å². The summed E-state index contributed by atoms with van der Waals surface area (Å²) >= 11 is 0. The fourth-order valence-electron chi connectivity index (χ4n) is 3.25. The molecule has 0 radical (unpaired) electrons. The van der Waals surface area contributed by atoms with Gasteiger partial charge in [-0.1, -0.05) is 18.2 Å². The molecule has 3 heterocycles. The Hall–Kier alpha value is -3.40. The number of ether oxygens (including phenoxy) is 1. The van der Waals surface area contributed by atoms with E-state index >= 15 is 0 Å². The summed E-state index contributed by atoms with van der Waals surface area (Å²) < 4.78 is 5.79. The highest BCUT2D eigenvalue weighted by molar-refractivity contribution is 5.89. The maximum atomic E-state index is 12.7. The van der Waals surface area contributed by atoms with E-state index in [1.54, 1.807) is 4.90 Å². The molecule has 0 spiro atoms. The predicted molar refractivity (Wildman–Crippen MR) is 94.4 cm³/mol. The van der Waals surface area contributed by atoms with Crippen LogP contribution in [-0.4, -0.2) is 45.0 Å². The molecule has 4 rings (SSSR count). The van der Waals surface area contributed by atoms with E-state index in [1.807, 2.05) is 36.5 Å². The number of nitrogens with zero attached hydrogens (tertiary/aromatic N) is 4. The number of para-hydroxylation sites is 1. The molecule has 1 aliphatic rings. The average Bonchev–Trinajstić information content (AvgIpc) is 3.30. The highest BCUT2D eigenvalue weighted by Gasteiger charge is 2.29. The molecule has 26 heavy (non-hydrogen) atoms. The van der Waals surface area contributed by atoms with Crippen LogP contribution in [-0.2, 0) is 11.2 Å². The van der Waals surface area contributed by atoms with Gasteiger partial charge in [0.1, 0.15) is 12.2 Å². The number of amides is 1. The van der Waals surface area contributed by atoms with Gasteiger partial charge in [0.05, 0.1) is 13.0 Å². The molecule has 1 aliphatic heterocycles. The van der Waals surface area contributed by atoms with E-state index in [1.165, 1.54) is 12.4 Å². The molecule has 1 fully saturated rings. The van der Waals surface area contributed by atoms with E-state index in [0.29, 0.717) is 25.9 Å². The number of carbonyl (C=O) groups is 1. The maximum absolute atomic E-state index is 12.7. The van der Waals surface area contributed by atoms with Crippen LogP contribution in [0.2, 0.25) is 0 Å². The lowest BCUT2D eigenvalue weighted by Gasteiger charge is -2.17. The second-order valence-electron chi connectivity index (χ2n) is 6.23. The number of aromatic amines is 1. The maximum Gasteiger partial charge on any atom is 0.251 e. The van der Waals surface area contributed by atoms with Gasteiger partial charge in [0.2, 0.25) is 11.6 Å². The molecule has 3 aromatic rings. The summed E-state index contributed by atoms with van der Waals surface area (Å²) in [7, 11) is 0. The number of nitrogens with one attached hydrogen (secondary N) is 1. The fourth-order valence-corrected chi connectivity index (χ4v) is 3.25. The zero-order chi connectivity index (χ0) is 17.9. The second-order valence-corrected chi connectivity index (χ2v) is 6.23. The van der Waals surface area contributed by atoms with Crippen LogP contribution in [0.5, 0.6) is 5.88 Å². The standard InChI is InChI=1S/C19H17N5O2/c20-10-17-19(22-7-6-21-17)26-14-5-8-24(12-14)18(25)9-13-11-23-16-4-2-1-3-15(13)16/h1-4,6-7,11,14,23H,5,8-9,12H2. The van der Waals surface area contributed by atoms with Crippen molar-refractivity contribution < 1.29 is 9.53 Å². The van der Waals surface area contributed by atoms with E-state index < -0.39 is 0 Å². The second kappa shape index (κ2) is 6.84. The van der Waals surface area contributed by atoms with Crippen molar-refractivity contribution in [1.29, 1.82) is 5.26 Å². The number of hydrogen-bond acceptors (Lipinski definition) is 5. The first-order valence-corrected chi connectivity index (χ1v) is 8.45. The van der Waals surface area contributed by atoms with Crippen molar-refractivity contribution in [3.63, 3.8) is 0 Å². The molecule has 1 aromatic carbocycles. The zero-order valence-corrected chi connectivity index (χ0v) is 14.1. The van der Waals surface area contributed by atoms with E-state index in [9.17, 15) is 4.79 Å². The summed E-state index contributed by atoms with van der Waals surface area (Å²) in [5.74, 6) is 0.298. The van der Waals surface area contributed by atoms with Crippen molar-refractivity contribution in [1.82, 2.24) is 19.9 Å². The molecular formula is C19H17N5O2. The molecule has 2 aromatic heterocycles. The minimum atomic E-state index is -0.175. The number of fused-ring (bicyclic) bond motifs is 1. The van der Waals surface area contributed by atoms with Gasteiger partial charge in [-0.15, -0.1) is 0 Å². The number of rotatable bonds is 4. The average molecular weight is 347 g/mol. The number of likely N-dealkylation sites (tertiary alicyclic amines) is 1. The quantitative estimate of drug-likeness (QED) is 0.779. The molecule has 7 heteroatoms. The monoisotopic (exact) mass is 347 g/mol. The summed E-state index contributed by atoms with van der Waals surface area (Å²) in [6, 6.07) is 9.92. The van der Waals surface area contributed by atoms with Crippen LogP contribution < -0.4 is 4.74 Å². The predicted octanol–water partition coefficient (Wildman–Crippen LogP) is 2.05. The normalized spacial score (nSPS) is 16.6. The van der Waals surface area contributed by atoms with Gasteiger partial charge in [0.25, 0.3) is 5.88 Å². The van der Waals surface area contributed by atoms with Crippen LogP contribution in [0, 0.1) is 11.3 Å². The first-order chi connectivity index (χ1) is 12.7. The van der Waals surface area contributed by atoms with Gasteiger partial charge in [-0.3, -0.25) is 4.79 Å². The molecule has 0 bridgehead atoms. The van der Waals surface area contributed by atoms with E-state index in [4.69, 9.17) is 10.00 Å². The lowest BCUT2D eigenvalue weighted by molar-refractivity contribution is -0.129. The molecule has 1 saturated heterocycles. The van der Waals surface area contributed by atoms with Gasteiger partial charge in [0.15, 0.2) is 0 Å². The highest BCUT2D eigenvalue weighted by Crippen LogP contribution is 2.22. The van der Waals surface area contributed by atoms with Gasteiger partial charge >= 0.3 is 0 Å². The molecule has 1 amide bonds. The zero-order valence-electron chi connectivity index (χ0n) is 14.1. The Morgan fingerprint density at radius 2 is 2.19 bits per heavy atom. The van der Waals surface area contributed by atoms with E-state index in [0.717, 1.165) is 16.5 Å². The number of benzene rings is 1. The molecule has 0 saturated carbocycles. The molecule has 1 unspecified atom stereocenters. The third-order valence-electron chi connectivity index (χ3n) is 4.56. The Kier molecular flexibility index (Phi) is 4.23. The number of aromatic nitrogens is 3. The first-order valence-electron chi connectivity index (χ1n) is 8.45.